The van der Waals surface area contributed by atoms with Gasteiger partial charge in [-0.15, -0.1) is 0 Å². The van der Waals surface area contributed by atoms with Gasteiger partial charge >= 0.3 is 0 Å². The summed E-state index contributed by atoms with van der Waals surface area (Å²) in [5.41, 5.74) is 0. The van der Waals surface area contributed by atoms with Crippen molar-refractivity contribution in [2.45, 2.75) is 44.5 Å². The fourth-order valence-corrected chi connectivity index (χ4v) is 3.07. The molecule has 1 rings (SSSR count). The summed E-state index contributed by atoms with van der Waals surface area (Å²) in [6.07, 6.45) is 0.537. The van der Waals surface area contributed by atoms with E-state index in [1.807, 2.05) is 0 Å². The zero-order valence-corrected chi connectivity index (χ0v) is 10.0. The Morgan fingerprint density at radius 3 is 2.40 bits per heavy atom. The lowest BCUT2D eigenvalue weighted by atomic mass is 10.1. The molecule has 1 aliphatic rings. The Bertz CT molecular complexity index is 358. The van der Waals surface area contributed by atoms with E-state index in [4.69, 9.17) is 5.11 Å². The minimum absolute atomic E-state index is 0.176. The Morgan fingerprint density at radius 2 is 2.00 bits per heavy atom. The molecule has 15 heavy (non-hydrogen) atoms. The molecule has 88 valence electrons. The normalized spacial score (nSPS) is 24.8. The molecule has 0 radical (unpaired) electrons. The van der Waals surface area contributed by atoms with Gasteiger partial charge in [-0.25, -0.2) is 12.7 Å². The fraction of sp³-hybridized carbons (Fsp3) is 0.889. The predicted octanol–water partition coefficient (Wildman–Crippen LogP) is 0.0980. The van der Waals surface area contributed by atoms with Crippen LogP contribution in [-0.4, -0.2) is 41.1 Å². The Morgan fingerprint density at radius 1 is 1.47 bits per heavy atom. The maximum absolute atomic E-state index is 11.6. The summed E-state index contributed by atoms with van der Waals surface area (Å²) in [5.74, 6) is -0.354. The number of hydrogen-bond donors (Lipinski definition) is 1. The third-order valence-electron chi connectivity index (χ3n) is 2.66. The molecule has 5 nitrogen and oxygen atoms in total. The van der Waals surface area contributed by atoms with Crippen LogP contribution < -0.4 is 0 Å². The largest absolute Gasteiger partial charge is 0.393 e. The summed E-state index contributed by atoms with van der Waals surface area (Å²) in [7, 11) is -3.45. The monoisotopic (exact) mass is 235 g/mol. The molecule has 0 aromatic rings. The second-order valence-corrected chi connectivity index (χ2v) is 6.80. The molecule has 0 bridgehead atoms. The Balaban J connectivity index is 2.57. The summed E-state index contributed by atoms with van der Waals surface area (Å²) >= 11 is 0. The highest BCUT2D eigenvalue weighted by Gasteiger charge is 2.59. The van der Waals surface area contributed by atoms with Crippen LogP contribution in [-0.2, 0) is 14.8 Å². The first-order valence-electron chi connectivity index (χ1n) is 4.96. The van der Waals surface area contributed by atoms with E-state index in [0.717, 1.165) is 4.31 Å². The van der Waals surface area contributed by atoms with Gasteiger partial charge in [0.15, 0.2) is 4.75 Å². The van der Waals surface area contributed by atoms with E-state index < -0.39 is 20.9 Å². The predicted molar refractivity (Wildman–Crippen MR) is 55.6 cm³/mol. The van der Waals surface area contributed by atoms with Crippen LogP contribution in [0.5, 0.6) is 0 Å². The number of sulfonamides is 1. The number of rotatable bonds is 4. The van der Waals surface area contributed by atoms with Gasteiger partial charge in [0, 0.05) is 6.54 Å². The molecule has 1 heterocycles. The lowest BCUT2D eigenvalue weighted by Crippen LogP contribution is -2.67. The molecule has 0 spiro atoms. The highest BCUT2D eigenvalue weighted by Crippen LogP contribution is 2.34. The summed E-state index contributed by atoms with van der Waals surface area (Å²) in [6, 6.07) is 0. The molecule has 6 heteroatoms. The first-order chi connectivity index (χ1) is 6.71. The first-order valence-corrected chi connectivity index (χ1v) is 6.40. The lowest BCUT2D eigenvalue weighted by molar-refractivity contribution is -0.132. The molecule has 1 unspecified atom stereocenters. The summed E-state index contributed by atoms with van der Waals surface area (Å²) in [6.45, 7) is 4.64. The van der Waals surface area contributed by atoms with Crippen LogP contribution >= 0.6 is 0 Å². The van der Waals surface area contributed by atoms with Crippen molar-refractivity contribution in [2.75, 3.05) is 6.54 Å². The molecule has 0 aliphatic carbocycles. The van der Waals surface area contributed by atoms with Crippen molar-refractivity contribution < 1.29 is 18.3 Å². The topological polar surface area (TPSA) is 74.7 Å². The Kier molecular flexibility index (Phi) is 3.11. The smallest absolute Gasteiger partial charge is 0.258 e. The maximum atomic E-state index is 11.6. The van der Waals surface area contributed by atoms with Crippen molar-refractivity contribution in [3.05, 3.63) is 0 Å². The quantitative estimate of drug-likeness (QED) is 0.750. The van der Waals surface area contributed by atoms with Gasteiger partial charge in [-0.3, -0.25) is 4.79 Å². The minimum atomic E-state index is -3.45. The second kappa shape index (κ2) is 3.75. The highest BCUT2D eigenvalue weighted by molar-refractivity contribution is 7.94. The third-order valence-corrected chi connectivity index (χ3v) is 5.05. The molecule has 0 aromatic heterocycles. The number of amides is 1. The molecular formula is C9H17NO4S. The highest BCUT2D eigenvalue weighted by atomic mass is 32.2. The molecular weight excluding hydrogens is 218 g/mol. The van der Waals surface area contributed by atoms with Crippen molar-refractivity contribution in [3.8, 4) is 0 Å². The zero-order valence-electron chi connectivity index (χ0n) is 9.23. The van der Waals surface area contributed by atoms with E-state index in [1.54, 1.807) is 6.92 Å². The van der Waals surface area contributed by atoms with Crippen LogP contribution in [0.2, 0.25) is 0 Å². The van der Waals surface area contributed by atoms with Gasteiger partial charge in [0.1, 0.15) is 0 Å². The molecule has 1 N–H and O–H groups in total. The average Bonchev–Trinajstić information content (AvgIpc) is 2.10. The van der Waals surface area contributed by atoms with Gasteiger partial charge in [0.2, 0.25) is 0 Å². The molecule has 0 aromatic carbocycles. The zero-order chi connectivity index (χ0) is 11.9. The number of aliphatic hydroxyl groups is 1. The van der Waals surface area contributed by atoms with Crippen molar-refractivity contribution in [3.63, 3.8) is 0 Å². The van der Waals surface area contributed by atoms with E-state index in [2.05, 4.69) is 0 Å². The summed E-state index contributed by atoms with van der Waals surface area (Å²) in [4.78, 5) is 11.5. The lowest BCUT2D eigenvalue weighted by Gasteiger charge is -2.43. The number of carbonyl (C=O) groups excluding carboxylic acids is 1. The van der Waals surface area contributed by atoms with Gasteiger partial charge < -0.3 is 5.11 Å². The molecule has 1 aliphatic heterocycles. The van der Waals surface area contributed by atoms with Crippen LogP contribution in [0.3, 0.4) is 0 Å². The molecule has 0 saturated carbocycles. The van der Waals surface area contributed by atoms with E-state index in [1.165, 1.54) is 13.8 Å². The second-order valence-electron chi connectivity index (χ2n) is 4.38. The van der Waals surface area contributed by atoms with Crippen molar-refractivity contribution >= 4 is 15.9 Å². The number of carbonyl (C=O) groups is 1. The van der Waals surface area contributed by atoms with Crippen LogP contribution in [0, 0.1) is 0 Å². The van der Waals surface area contributed by atoms with Crippen molar-refractivity contribution in [1.82, 2.24) is 4.31 Å². The van der Waals surface area contributed by atoms with E-state index >= 15 is 0 Å². The Labute approximate surface area is 90.1 Å². The van der Waals surface area contributed by atoms with Crippen molar-refractivity contribution in [2.24, 2.45) is 0 Å². The number of nitrogens with zero attached hydrogens (tertiary/aromatic N) is 1. The maximum Gasteiger partial charge on any atom is 0.258 e. The first kappa shape index (κ1) is 12.4. The van der Waals surface area contributed by atoms with Crippen LogP contribution in [0.15, 0.2) is 0 Å². The minimum Gasteiger partial charge on any atom is -0.393 e. The molecule has 1 amide bonds. The van der Waals surface area contributed by atoms with Gasteiger partial charge in [0.25, 0.3) is 15.9 Å². The van der Waals surface area contributed by atoms with Gasteiger partial charge in [-0.1, -0.05) is 0 Å². The SMILES string of the molecule is CC(O)CCCN1C(=O)C(C)(C)S1(=O)=O. The van der Waals surface area contributed by atoms with E-state index in [-0.39, 0.29) is 12.5 Å². The molecule has 1 saturated heterocycles. The molecule has 1 fully saturated rings. The third kappa shape index (κ3) is 1.88. The average molecular weight is 235 g/mol. The molecule has 1 atom stereocenters. The van der Waals surface area contributed by atoms with E-state index in [0.29, 0.717) is 12.8 Å². The summed E-state index contributed by atoms with van der Waals surface area (Å²) < 4.78 is 22.8. The van der Waals surface area contributed by atoms with Gasteiger partial charge in [-0.2, -0.15) is 0 Å². The summed E-state index contributed by atoms with van der Waals surface area (Å²) in [5, 5.41) is 9.00. The number of aliphatic hydroxyl groups excluding tert-OH is 1. The van der Waals surface area contributed by atoms with Gasteiger partial charge in [-0.05, 0) is 33.6 Å². The number of hydrogen-bond acceptors (Lipinski definition) is 4. The Hall–Kier alpha value is -0.620. The van der Waals surface area contributed by atoms with Crippen LogP contribution in [0.4, 0.5) is 0 Å². The standard InChI is InChI=1S/C9H17NO4S/c1-7(11)5-4-6-10-8(12)9(2,3)15(10,13)14/h7,11H,4-6H2,1-3H3. The fourth-order valence-electron chi connectivity index (χ4n) is 1.51. The van der Waals surface area contributed by atoms with Gasteiger partial charge in [0.05, 0.1) is 6.10 Å². The van der Waals surface area contributed by atoms with Crippen LogP contribution in [0.25, 0.3) is 0 Å². The van der Waals surface area contributed by atoms with Crippen LogP contribution in [0.1, 0.15) is 33.6 Å². The van der Waals surface area contributed by atoms with E-state index in [9.17, 15) is 13.2 Å². The van der Waals surface area contributed by atoms with Crippen molar-refractivity contribution in [1.29, 1.82) is 0 Å².